The number of hydrogen-bond acceptors (Lipinski definition) is 6. The van der Waals surface area contributed by atoms with Gasteiger partial charge in [0.15, 0.2) is 9.84 Å². The predicted octanol–water partition coefficient (Wildman–Crippen LogP) is 2.22. The van der Waals surface area contributed by atoms with Crippen molar-refractivity contribution in [2.24, 2.45) is 5.73 Å². The molecule has 0 aromatic heterocycles. The highest BCUT2D eigenvalue weighted by Gasteiger charge is 2.45. The van der Waals surface area contributed by atoms with Crippen LogP contribution in [0.3, 0.4) is 0 Å². The van der Waals surface area contributed by atoms with Crippen LogP contribution in [0.4, 0.5) is 0 Å². The van der Waals surface area contributed by atoms with Crippen molar-refractivity contribution in [2.75, 3.05) is 12.4 Å². The Kier molecular flexibility index (Phi) is 4.31. The summed E-state index contributed by atoms with van der Waals surface area (Å²) >= 11 is 6.04. The lowest BCUT2D eigenvalue weighted by molar-refractivity contribution is -0.139. The topological polar surface area (TPSA) is 95.7 Å². The number of carbonyl (C=O) groups is 1. The van der Waals surface area contributed by atoms with E-state index in [-0.39, 0.29) is 40.9 Å². The SMILES string of the molecule is CCOC(=O)C1=C(N)OC2=C(C1c1cccc(Cl)c1)S(=O)(=O)CC2. The number of esters is 1. The zero-order chi connectivity index (χ0) is 17.5. The molecule has 3 rings (SSSR count). The van der Waals surface area contributed by atoms with Gasteiger partial charge in [0, 0.05) is 11.4 Å². The fraction of sp³-hybridized carbons (Fsp3) is 0.312. The maximum absolute atomic E-state index is 12.5. The molecule has 2 N–H and O–H groups in total. The van der Waals surface area contributed by atoms with Gasteiger partial charge >= 0.3 is 5.97 Å². The van der Waals surface area contributed by atoms with Crippen molar-refractivity contribution in [2.45, 2.75) is 19.3 Å². The quantitative estimate of drug-likeness (QED) is 0.821. The summed E-state index contributed by atoms with van der Waals surface area (Å²) in [7, 11) is -3.55. The van der Waals surface area contributed by atoms with Crippen molar-refractivity contribution >= 4 is 27.4 Å². The molecule has 0 saturated heterocycles. The smallest absolute Gasteiger partial charge is 0.340 e. The van der Waals surface area contributed by atoms with Crippen molar-refractivity contribution in [3.8, 4) is 0 Å². The normalized spacial score (nSPS) is 22.2. The van der Waals surface area contributed by atoms with Gasteiger partial charge in [-0.05, 0) is 24.6 Å². The lowest BCUT2D eigenvalue weighted by Crippen LogP contribution is -2.27. The van der Waals surface area contributed by atoms with Crippen LogP contribution in [0.25, 0.3) is 0 Å². The summed E-state index contributed by atoms with van der Waals surface area (Å²) in [6, 6.07) is 6.67. The highest BCUT2D eigenvalue weighted by Crippen LogP contribution is 2.46. The average Bonchev–Trinajstić information content (AvgIpc) is 2.81. The van der Waals surface area contributed by atoms with Gasteiger partial charge in [-0.15, -0.1) is 0 Å². The van der Waals surface area contributed by atoms with Crippen molar-refractivity contribution in [1.82, 2.24) is 0 Å². The van der Waals surface area contributed by atoms with Crippen LogP contribution in [-0.2, 0) is 24.1 Å². The van der Waals surface area contributed by atoms with Crippen molar-refractivity contribution in [3.05, 3.63) is 57.0 Å². The first-order chi connectivity index (χ1) is 11.3. The Bertz CT molecular complexity index is 872. The Morgan fingerprint density at radius 2 is 2.21 bits per heavy atom. The second-order valence-electron chi connectivity index (χ2n) is 5.44. The third-order valence-corrected chi connectivity index (χ3v) is 6.04. The van der Waals surface area contributed by atoms with Crippen LogP contribution in [0.1, 0.15) is 24.8 Å². The summed E-state index contributed by atoms with van der Waals surface area (Å²) in [4.78, 5) is 12.5. The lowest BCUT2D eigenvalue weighted by atomic mass is 9.88. The molecule has 0 bridgehead atoms. The third-order valence-electron chi connectivity index (χ3n) is 3.93. The first kappa shape index (κ1) is 16.9. The number of allylic oxidation sites excluding steroid dienone is 2. The zero-order valence-corrected chi connectivity index (χ0v) is 14.5. The molecule has 0 saturated carbocycles. The Hall–Kier alpha value is -1.99. The highest BCUT2D eigenvalue weighted by molar-refractivity contribution is 7.95. The van der Waals surface area contributed by atoms with Gasteiger partial charge < -0.3 is 15.2 Å². The minimum absolute atomic E-state index is 0.0108. The molecular formula is C16H16ClNO5S. The highest BCUT2D eigenvalue weighted by atomic mass is 35.5. The van der Waals surface area contributed by atoms with Gasteiger partial charge in [0.25, 0.3) is 0 Å². The van der Waals surface area contributed by atoms with Crippen molar-refractivity contribution in [3.63, 3.8) is 0 Å². The fourth-order valence-electron chi connectivity index (χ4n) is 2.97. The number of hydrogen-bond donors (Lipinski definition) is 1. The van der Waals surface area contributed by atoms with Crippen LogP contribution in [0.15, 0.2) is 46.4 Å². The first-order valence-corrected chi connectivity index (χ1v) is 9.44. The van der Waals surface area contributed by atoms with Crippen LogP contribution in [0.2, 0.25) is 5.02 Å². The van der Waals surface area contributed by atoms with Gasteiger partial charge in [0.05, 0.1) is 23.2 Å². The maximum atomic E-state index is 12.5. The Balaban J connectivity index is 2.21. The molecule has 1 unspecified atom stereocenters. The molecule has 2 aliphatic rings. The average molecular weight is 370 g/mol. The van der Waals surface area contributed by atoms with Gasteiger partial charge in [-0.3, -0.25) is 0 Å². The van der Waals surface area contributed by atoms with Crippen LogP contribution >= 0.6 is 11.6 Å². The van der Waals surface area contributed by atoms with E-state index in [4.69, 9.17) is 26.8 Å². The van der Waals surface area contributed by atoms with Gasteiger partial charge in [-0.25, -0.2) is 13.2 Å². The van der Waals surface area contributed by atoms with Crippen LogP contribution in [-0.4, -0.2) is 26.7 Å². The second kappa shape index (κ2) is 6.14. The van der Waals surface area contributed by atoms with E-state index in [1.165, 1.54) is 0 Å². The monoisotopic (exact) mass is 369 g/mol. The molecule has 1 aromatic carbocycles. The van der Waals surface area contributed by atoms with Crippen molar-refractivity contribution < 1.29 is 22.7 Å². The number of rotatable bonds is 3. The summed E-state index contributed by atoms with van der Waals surface area (Å²) in [6.07, 6.45) is 0.228. The number of ether oxygens (including phenoxy) is 2. The van der Waals surface area contributed by atoms with Crippen molar-refractivity contribution in [1.29, 1.82) is 0 Å². The van der Waals surface area contributed by atoms with E-state index in [0.717, 1.165) is 0 Å². The second-order valence-corrected chi connectivity index (χ2v) is 7.96. The molecule has 0 radical (unpaired) electrons. The molecule has 0 spiro atoms. The molecule has 1 atom stereocenters. The molecule has 1 aromatic rings. The summed E-state index contributed by atoms with van der Waals surface area (Å²) in [5.41, 5.74) is 6.46. The minimum Gasteiger partial charge on any atom is -0.462 e. The number of nitrogens with two attached hydrogens (primary N) is 1. The molecule has 6 nitrogen and oxygen atoms in total. The zero-order valence-electron chi connectivity index (χ0n) is 12.9. The summed E-state index contributed by atoms with van der Waals surface area (Å²) < 4.78 is 35.5. The Morgan fingerprint density at radius 3 is 2.88 bits per heavy atom. The Morgan fingerprint density at radius 1 is 1.46 bits per heavy atom. The predicted molar refractivity (Wildman–Crippen MR) is 88.6 cm³/mol. The van der Waals surface area contributed by atoms with E-state index in [0.29, 0.717) is 10.6 Å². The van der Waals surface area contributed by atoms with E-state index in [1.807, 2.05) is 0 Å². The molecular weight excluding hydrogens is 354 g/mol. The van der Waals surface area contributed by atoms with E-state index in [2.05, 4.69) is 0 Å². The molecule has 128 valence electrons. The largest absolute Gasteiger partial charge is 0.462 e. The molecule has 8 heteroatoms. The van der Waals surface area contributed by atoms with E-state index >= 15 is 0 Å². The maximum Gasteiger partial charge on any atom is 0.340 e. The van der Waals surface area contributed by atoms with Gasteiger partial charge in [0.1, 0.15) is 11.3 Å². The first-order valence-electron chi connectivity index (χ1n) is 7.41. The molecule has 24 heavy (non-hydrogen) atoms. The number of benzene rings is 1. The third kappa shape index (κ3) is 2.78. The van der Waals surface area contributed by atoms with Crippen LogP contribution in [0, 0.1) is 0 Å². The number of halogens is 1. The van der Waals surface area contributed by atoms with E-state index in [1.54, 1.807) is 31.2 Å². The molecule has 2 heterocycles. The summed E-state index contributed by atoms with van der Waals surface area (Å²) in [5, 5.41) is 0.429. The van der Waals surface area contributed by atoms with Gasteiger partial charge in [0.2, 0.25) is 5.88 Å². The molecule has 0 fully saturated rings. The van der Waals surface area contributed by atoms with E-state index < -0.39 is 21.7 Å². The summed E-state index contributed by atoms with van der Waals surface area (Å²) in [5.74, 6) is -1.49. The molecule has 0 amide bonds. The van der Waals surface area contributed by atoms with Crippen LogP contribution in [0.5, 0.6) is 0 Å². The standard InChI is InChI=1S/C16H16ClNO5S/c1-2-22-16(19)13-12(9-4-3-5-10(17)8-9)14-11(23-15(13)18)6-7-24(14,20)21/h3-5,8,12H,2,6-7,18H2,1H3. The molecule has 0 aliphatic carbocycles. The number of carbonyl (C=O) groups excluding carboxylic acids is 1. The van der Waals surface area contributed by atoms with E-state index in [9.17, 15) is 13.2 Å². The lowest BCUT2D eigenvalue weighted by Gasteiger charge is -2.27. The number of sulfone groups is 1. The van der Waals surface area contributed by atoms with Gasteiger partial charge in [-0.2, -0.15) is 0 Å². The summed E-state index contributed by atoms with van der Waals surface area (Å²) in [6.45, 7) is 1.79. The molecule has 2 aliphatic heterocycles. The van der Waals surface area contributed by atoms with Crippen LogP contribution < -0.4 is 5.73 Å². The van der Waals surface area contributed by atoms with Gasteiger partial charge in [-0.1, -0.05) is 23.7 Å². The Labute approximate surface area is 144 Å². The minimum atomic E-state index is -3.55. The fourth-order valence-corrected chi connectivity index (χ4v) is 4.94.